The Bertz CT molecular complexity index is 601. The normalized spacial score (nSPS) is 15.4. The van der Waals surface area contributed by atoms with E-state index < -0.39 is 0 Å². The first kappa shape index (κ1) is 13.0. The molecule has 0 radical (unpaired) electrons. The molecule has 0 bridgehead atoms. The van der Waals surface area contributed by atoms with Gasteiger partial charge in [-0.1, -0.05) is 18.2 Å². The molecule has 1 aromatic carbocycles. The first-order valence-electron chi connectivity index (χ1n) is 7.19. The molecular formula is C17H19NO2. The maximum absolute atomic E-state index is 12.0. The Hall–Kier alpha value is -2.03. The van der Waals surface area contributed by atoms with E-state index >= 15 is 0 Å². The fraction of sp³-hybridized carbons (Fsp3) is 0.353. The van der Waals surface area contributed by atoms with Crippen molar-refractivity contribution in [2.45, 2.75) is 38.6 Å². The summed E-state index contributed by atoms with van der Waals surface area (Å²) in [5.41, 5.74) is 4.64. The van der Waals surface area contributed by atoms with Crippen molar-refractivity contribution in [1.82, 2.24) is 5.32 Å². The number of carbonyl (C=O) groups excluding carboxylic acids is 1. The van der Waals surface area contributed by atoms with Crippen LogP contribution in [0, 0.1) is 0 Å². The Kier molecular flexibility index (Phi) is 3.59. The largest absolute Gasteiger partial charge is 0.472 e. The minimum absolute atomic E-state index is 0.00428. The second-order valence-corrected chi connectivity index (χ2v) is 5.44. The van der Waals surface area contributed by atoms with Gasteiger partial charge in [0.1, 0.15) is 6.26 Å². The number of hydrogen-bond donors (Lipinski definition) is 1. The Morgan fingerprint density at radius 2 is 2.00 bits per heavy atom. The highest BCUT2D eigenvalue weighted by atomic mass is 16.3. The summed E-state index contributed by atoms with van der Waals surface area (Å²) >= 11 is 0. The summed E-state index contributed by atoms with van der Waals surface area (Å²) < 4.78 is 4.94. The van der Waals surface area contributed by atoms with Gasteiger partial charge in [0, 0.05) is 0 Å². The minimum atomic E-state index is -0.0935. The van der Waals surface area contributed by atoms with Crippen LogP contribution in [0.25, 0.3) is 0 Å². The molecule has 20 heavy (non-hydrogen) atoms. The predicted octanol–water partition coefficient (Wildman–Crippen LogP) is 3.65. The molecule has 1 amide bonds. The van der Waals surface area contributed by atoms with E-state index in [1.54, 1.807) is 6.07 Å². The molecule has 0 aliphatic heterocycles. The van der Waals surface area contributed by atoms with Crippen molar-refractivity contribution in [1.29, 1.82) is 0 Å². The molecule has 3 nitrogen and oxygen atoms in total. The number of nitrogens with one attached hydrogen (secondary N) is 1. The molecule has 2 aromatic rings. The molecule has 1 N–H and O–H groups in total. The van der Waals surface area contributed by atoms with Crippen LogP contribution >= 0.6 is 0 Å². The van der Waals surface area contributed by atoms with Gasteiger partial charge in [0.15, 0.2) is 0 Å². The van der Waals surface area contributed by atoms with Crippen molar-refractivity contribution >= 4 is 5.91 Å². The lowest BCUT2D eigenvalue weighted by atomic mass is 9.89. The number of benzene rings is 1. The molecule has 1 heterocycles. The Morgan fingerprint density at radius 3 is 2.75 bits per heavy atom. The van der Waals surface area contributed by atoms with Gasteiger partial charge in [-0.15, -0.1) is 0 Å². The van der Waals surface area contributed by atoms with Crippen molar-refractivity contribution < 1.29 is 9.21 Å². The molecule has 0 saturated carbocycles. The van der Waals surface area contributed by atoms with Crippen molar-refractivity contribution in [2.24, 2.45) is 0 Å². The Balaban J connectivity index is 1.74. The van der Waals surface area contributed by atoms with E-state index in [9.17, 15) is 4.79 Å². The summed E-state index contributed by atoms with van der Waals surface area (Å²) in [6.07, 6.45) is 7.88. The summed E-state index contributed by atoms with van der Waals surface area (Å²) in [6, 6.07) is 8.27. The monoisotopic (exact) mass is 269 g/mol. The van der Waals surface area contributed by atoms with Crippen molar-refractivity contribution in [3.05, 3.63) is 59.0 Å². The molecule has 1 aromatic heterocycles. The highest BCUT2D eigenvalue weighted by Crippen LogP contribution is 2.24. The summed E-state index contributed by atoms with van der Waals surface area (Å²) in [4.78, 5) is 12.0. The van der Waals surface area contributed by atoms with Crippen LogP contribution in [0.4, 0.5) is 0 Å². The van der Waals surface area contributed by atoms with E-state index in [-0.39, 0.29) is 11.9 Å². The lowest BCUT2D eigenvalue weighted by molar-refractivity contribution is 0.0939. The van der Waals surface area contributed by atoms with Crippen molar-refractivity contribution in [2.75, 3.05) is 0 Å². The van der Waals surface area contributed by atoms with Gasteiger partial charge in [-0.2, -0.15) is 0 Å². The molecule has 3 rings (SSSR count). The first-order valence-corrected chi connectivity index (χ1v) is 7.19. The van der Waals surface area contributed by atoms with Gasteiger partial charge in [0.25, 0.3) is 5.91 Å². The summed E-state index contributed by atoms with van der Waals surface area (Å²) in [7, 11) is 0. The third-order valence-corrected chi connectivity index (χ3v) is 4.00. The van der Waals surface area contributed by atoms with Gasteiger partial charge in [0.2, 0.25) is 0 Å². The number of hydrogen-bond acceptors (Lipinski definition) is 2. The standard InChI is InChI=1S/C17H19NO2/c1-12(18-17(19)16-8-9-20-11-16)14-7-6-13-4-2-3-5-15(13)10-14/h6-12H,2-5H2,1H3,(H,18,19)/t12-/m1/s1. The highest BCUT2D eigenvalue weighted by molar-refractivity contribution is 5.94. The summed E-state index contributed by atoms with van der Waals surface area (Å²) in [6.45, 7) is 2.02. The van der Waals surface area contributed by atoms with Gasteiger partial charge >= 0.3 is 0 Å². The fourth-order valence-electron chi connectivity index (χ4n) is 2.78. The van der Waals surface area contributed by atoms with Crippen molar-refractivity contribution in [3.63, 3.8) is 0 Å². The summed E-state index contributed by atoms with van der Waals surface area (Å²) in [5, 5.41) is 3.01. The average molecular weight is 269 g/mol. The zero-order valence-corrected chi connectivity index (χ0v) is 11.7. The first-order chi connectivity index (χ1) is 9.74. The Morgan fingerprint density at radius 1 is 1.20 bits per heavy atom. The molecular weight excluding hydrogens is 250 g/mol. The van der Waals surface area contributed by atoms with Gasteiger partial charge in [-0.25, -0.2) is 0 Å². The fourth-order valence-corrected chi connectivity index (χ4v) is 2.78. The SMILES string of the molecule is C[C@@H](NC(=O)c1ccoc1)c1ccc2c(c1)CCCC2. The summed E-state index contributed by atoms with van der Waals surface area (Å²) in [5.74, 6) is -0.0935. The van der Waals surface area contributed by atoms with Crippen LogP contribution in [0.3, 0.4) is 0 Å². The van der Waals surface area contributed by atoms with Gasteiger partial charge in [-0.05, 0) is 55.4 Å². The van der Waals surface area contributed by atoms with Crippen LogP contribution in [-0.4, -0.2) is 5.91 Å². The molecule has 1 aliphatic rings. The molecule has 1 aliphatic carbocycles. The highest BCUT2D eigenvalue weighted by Gasteiger charge is 2.15. The molecule has 0 fully saturated rings. The number of rotatable bonds is 3. The third kappa shape index (κ3) is 2.62. The number of aryl methyl sites for hydroxylation is 2. The molecule has 104 valence electrons. The van der Waals surface area contributed by atoms with Gasteiger partial charge in [0.05, 0.1) is 17.9 Å². The smallest absolute Gasteiger partial charge is 0.255 e. The Labute approximate surface area is 119 Å². The van der Waals surface area contributed by atoms with Crippen LogP contribution in [0.5, 0.6) is 0 Å². The molecule has 0 saturated heterocycles. The van der Waals surface area contributed by atoms with Gasteiger partial charge in [-0.3, -0.25) is 4.79 Å². The number of amides is 1. The van der Waals surface area contributed by atoms with Crippen LogP contribution in [0.2, 0.25) is 0 Å². The van der Waals surface area contributed by atoms with E-state index in [2.05, 4.69) is 23.5 Å². The minimum Gasteiger partial charge on any atom is -0.472 e. The lowest BCUT2D eigenvalue weighted by Crippen LogP contribution is -2.26. The lowest BCUT2D eigenvalue weighted by Gasteiger charge is -2.19. The van der Waals surface area contributed by atoms with E-state index in [1.165, 1.54) is 48.5 Å². The van der Waals surface area contributed by atoms with E-state index in [1.807, 2.05) is 6.92 Å². The average Bonchev–Trinajstić information content (AvgIpc) is 3.01. The molecule has 3 heteroatoms. The third-order valence-electron chi connectivity index (χ3n) is 4.00. The van der Waals surface area contributed by atoms with E-state index in [4.69, 9.17) is 4.42 Å². The molecule has 0 spiro atoms. The van der Waals surface area contributed by atoms with Crippen LogP contribution < -0.4 is 5.32 Å². The zero-order chi connectivity index (χ0) is 13.9. The van der Waals surface area contributed by atoms with Crippen LogP contribution in [0.1, 0.15) is 52.9 Å². The van der Waals surface area contributed by atoms with Crippen LogP contribution in [-0.2, 0) is 12.8 Å². The quantitative estimate of drug-likeness (QED) is 0.924. The number of carbonyl (C=O) groups is 1. The predicted molar refractivity (Wildman–Crippen MR) is 77.7 cm³/mol. The zero-order valence-electron chi connectivity index (χ0n) is 11.7. The maximum Gasteiger partial charge on any atom is 0.255 e. The number of furan rings is 1. The van der Waals surface area contributed by atoms with Gasteiger partial charge < -0.3 is 9.73 Å². The van der Waals surface area contributed by atoms with E-state index in [0.29, 0.717) is 5.56 Å². The van der Waals surface area contributed by atoms with E-state index in [0.717, 1.165) is 6.42 Å². The maximum atomic E-state index is 12.0. The van der Waals surface area contributed by atoms with Crippen molar-refractivity contribution in [3.8, 4) is 0 Å². The second kappa shape index (κ2) is 5.53. The number of fused-ring (bicyclic) bond motifs is 1. The van der Waals surface area contributed by atoms with Crippen LogP contribution in [0.15, 0.2) is 41.2 Å². The second-order valence-electron chi connectivity index (χ2n) is 5.44. The molecule has 0 unspecified atom stereocenters. The topological polar surface area (TPSA) is 42.2 Å². The molecule has 1 atom stereocenters.